The molecular weight excluding hydrogens is 270 g/mol. The summed E-state index contributed by atoms with van der Waals surface area (Å²) in [6.07, 6.45) is 2.81. The molecule has 0 aromatic carbocycles. The summed E-state index contributed by atoms with van der Waals surface area (Å²) in [5, 5.41) is 10.7. The Balaban J connectivity index is 1.78. The molecule has 2 aliphatic heterocycles. The van der Waals surface area contributed by atoms with E-state index in [0.717, 1.165) is 39.0 Å². The molecule has 7 nitrogen and oxygen atoms in total. The van der Waals surface area contributed by atoms with Crippen LogP contribution in [0.2, 0.25) is 0 Å². The number of hydrogen-bond donors (Lipinski definition) is 3. The Kier molecular flexibility index (Phi) is 5.81. The van der Waals surface area contributed by atoms with Crippen LogP contribution in [0.15, 0.2) is 0 Å². The average molecular weight is 297 g/mol. The minimum absolute atomic E-state index is 0.0000153. The highest BCUT2D eigenvalue weighted by Crippen LogP contribution is 2.12. The van der Waals surface area contributed by atoms with E-state index in [9.17, 15) is 4.79 Å². The minimum atomic E-state index is 0.0000153. The van der Waals surface area contributed by atoms with Gasteiger partial charge in [-0.1, -0.05) is 13.3 Å². The van der Waals surface area contributed by atoms with E-state index >= 15 is 0 Å². The van der Waals surface area contributed by atoms with Gasteiger partial charge in [0.15, 0.2) is 0 Å². The second-order valence-corrected chi connectivity index (χ2v) is 5.79. The van der Waals surface area contributed by atoms with Gasteiger partial charge >= 0.3 is 6.03 Å². The Bertz CT molecular complexity index is 362. The normalized spacial score (nSPS) is 24.8. The molecule has 0 aromatic rings. The van der Waals surface area contributed by atoms with Gasteiger partial charge in [-0.3, -0.25) is 10.3 Å². The third-order valence-corrected chi connectivity index (χ3v) is 4.22. The molecule has 0 radical (unpaired) electrons. The van der Waals surface area contributed by atoms with Gasteiger partial charge in [0.25, 0.3) is 0 Å². The predicted octanol–water partition coefficient (Wildman–Crippen LogP) is 0.207. The molecule has 2 rings (SSSR count). The maximum atomic E-state index is 12.2. The Morgan fingerprint density at radius 3 is 2.67 bits per heavy atom. The van der Waals surface area contributed by atoms with Gasteiger partial charge in [-0.2, -0.15) is 0 Å². The third kappa shape index (κ3) is 4.31. The number of urea groups is 1. The van der Waals surface area contributed by atoms with Crippen LogP contribution in [0, 0.1) is 5.41 Å². The lowest BCUT2D eigenvalue weighted by atomic mass is 10.1. The molecule has 0 aliphatic carbocycles. The minimum Gasteiger partial charge on any atom is -0.386 e. The summed E-state index contributed by atoms with van der Waals surface area (Å²) in [5.74, 6) is 0.234. The molecule has 0 saturated carbocycles. The first-order valence-corrected chi connectivity index (χ1v) is 7.83. The van der Waals surface area contributed by atoms with Crippen molar-refractivity contribution >= 4 is 11.9 Å². The Hall–Kier alpha value is -1.34. The Labute approximate surface area is 126 Å². The first-order chi connectivity index (χ1) is 10.1. The monoisotopic (exact) mass is 297 g/mol. The summed E-state index contributed by atoms with van der Waals surface area (Å²) >= 11 is 0. The second-order valence-electron chi connectivity index (χ2n) is 5.79. The molecule has 2 atom stereocenters. The fourth-order valence-electron chi connectivity index (χ4n) is 2.96. The first kappa shape index (κ1) is 16.0. The summed E-state index contributed by atoms with van der Waals surface area (Å²) < 4.78 is 5.27. The zero-order valence-corrected chi connectivity index (χ0v) is 12.8. The second kappa shape index (κ2) is 7.61. The van der Waals surface area contributed by atoms with E-state index in [1.807, 2.05) is 4.90 Å². The number of rotatable bonds is 5. The number of carbonyl (C=O) groups excluding carboxylic acids is 1. The summed E-state index contributed by atoms with van der Waals surface area (Å²) in [4.78, 5) is 16.2. The lowest BCUT2D eigenvalue weighted by Gasteiger charge is -2.39. The van der Waals surface area contributed by atoms with Crippen molar-refractivity contribution in [2.75, 3.05) is 39.4 Å². The summed E-state index contributed by atoms with van der Waals surface area (Å²) in [6, 6.07) is 0.170. The number of nitrogens with one attached hydrogen (secondary N) is 2. The highest BCUT2D eigenvalue weighted by atomic mass is 16.5. The number of carbonyl (C=O) groups is 1. The summed E-state index contributed by atoms with van der Waals surface area (Å²) in [7, 11) is 0. The lowest BCUT2D eigenvalue weighted by Crippen LogP contribution is -2.57. The van der Waals surface area contributed by atoms with Crippen LogP contribution in [0.3, 0.4) is 0 Å². The molecule has 21 heavy (non-hydrogen) atoms. The molecule has 0 aromatic heterocycles. The molecule has 0 bridgehead atoms. The summed E-state index contributed by atoms with van der Waals surface area (Å²) in [5.41, 5.74) is 5.69. The van der Waals surface area contributed by atoms with Crippen molar-refractivity contribution < 1.29 is 9.53 Å². The number of nitrogens with zero attached hydrogens (tertiary/aromatic N) is 2. The fourth-order valence-corrected chi connectivity index (χ4v) is 2.96. The highest BCUT2D eigenvalue weighted by molar-refractivity contribution is 5.82. The number of amides is 2. The van der Waals surface area contributed by atoms with Crippen LogP contribution in [0.4, 0.5) is 4.79 Å². The Morgan fingerprint density at radius 2 is 2.14 bits per heavy atom. The Morgan fingerprint density at radius 1 is 1.43 bits per heavy atom. The molecule has 2 amide bonds. The van der Waals surface area contributed by atoms with E-state index in [1.54, 1.807) is 0 Å². The van der Waals surface area contributed by atoms with E-state index in [-0.39, 0.29) is 24.0 Å². The van der Waals surface area contributed by atoms with Gasteiger partial charge in [0.2, 0.25) is 0 Å². The van der Waals surface area contributed by atoms with Gasteiger partial charge in [-0.25, -0.2) is 4.79 Å². The molecule has 0 spiro atoms. The quantitative estimate of drug-likeness (QED) is 0.499. The van der Waals surface area contributed by atoms with Crippen molar-refractivity contribution in [1.29, 1.82) is 5.41 Å². The number of ether oxygens (including phenoxy) is 1. The number of hydrogen-bond acceptors (Lipinski definition) is 4. The van der Waals surface area contributed by atoms with Crippen molar-refractivity contribution in [3.63, 3.8) is 0 Å². The van der Waals surface area contributed by atoms with Crippen LogP contribution in [0.5, 0.6) is 0 Å². The van der Waals surface area contributed by atoms with Crippen molar-refractivity contribution in [3.05, 3.63) is 0 Å². The molecular formula is C14H27N5O2. The van der Waals surface area contributed by atoms with Crippen LogP contribution in [-0.2, 0) is 4.74 Å². The van der Waals surface area contributed by atoms with E-state index in [2.05, 4.69) is 17.1 Å². The molecule has 2 unspecified atom stereocenters. The molecule has 120 valence electrons. The molecule has 2 aliphatic rings. The van der Waals surface area contributed by atoms with Gasteiger partial charge < -0.3 is 20.7 Å². The molecule has 7 heteroatoms. The smallest absolute Gasteiger partial charge is 0.317 e. The third-order valence-electron chi connectivity index (χ3n) is 4.22. The van der Waals surface area contributed by atoms with Crippen LogP contribution in [0.1, 0.15) is 26.2 Å². The maximum absolute atomic E-state index is 12.2. The molecule has 4 N–H and O–H groups in total. The number of amidine groups is 1. The molecule has 2 heterocycles. The van der Waals surface area contributed by atoms with Crippen molar-refractivity contribution in [3.8, 4) is 0 Å². The number of nitrogens with two attached hydrogens (primary N) is 1. The fraction of sp³-hybridized carbons (Fsp3) is 0.857. The van der Waals surface area contributed by atoms with Crippen molar-refractivity contribution in [2.24, 2.45) is 5.73 Å². The van der Waals surface area contributed by atoms with Crippen molar-refractivity contribution in [2.45, 2.75) is 38.3 Å². The predicted molar refractivity (Wildman–Crippen MR) is 81.5 cm³/mol. The van der Waals surface area contributed by atoms with Crippen LogP contribution < -0.4 is 11.1 Å². The van der Waals surface area contributed by atoms with E-state index in [4.69, 9.17) is 15.9 Å². The lowest BCUT2D eigenvalue weighted by molar-refractivity contribution is 0.121. The molecule has 2 fully saturated rings. The summed E-state index contributed by atoms with van der Waals surface area (Å²) in [6.45, 7) is 6.38. The maximum Gasteiger partial charge on any atom is 0.317 e. The van der Waals surface area contributed by atoms with Gasteiger partial charge in [0.05, 0.1) is 18.7 Å². The molecule has 2 saturated heterocycles. The van der Waals surface area contributed by atoms with Crippen LogP contribution >= 0.6 is 0 Å². The van der Waals surface area contributed by atoms with Gasteiger partial charge in [-0.15, -0.1) is 0 Å². The van der Waals surface area contributed by atoms with Gasteiger partial charge in [0, 0.05) is 32.8 Å². The van der Waals surface area contributed by atoms with Gasteiger partial charge in [0.1, 0.15) is 5.84 Å². The highest BCUT2D eigenvalue weighted by Gasteiger charge is 2.28. The zero-order valence-electron chi connectivity index (χ0n) is 12.8. The average Bonchev–Trinajstić information content (AvgIpc) is 2.97. The number of piperazine rings is 1. The van der Waals surface area contributed by atoms with Gasteiger partial charge in [-0.05, 0) is 12.8 Å². The van der Waals surface area contributed by atoms with E-state index < -0.39 is 0 Å². The van der Waals surface area contributed by atoms with E-state index in [0.29, 0.717) is 19.7 Å². The SMILES string of the molecule is CCCC(C(=N)N)N1CCN(C(=O)NC2CCOC2)CC1. The largest absolute Gasteiger partial charge is 0.386 e. The van der Waals surface area contributed by atoms with E-state index in [1.165, 1.54) is 0 Å². The zero-order chi connectivity index (χ0) is 15.2. The van der Waals surface area contributed by atoms with Crippen LogP contribution in [0.25, 0.3) is 0 Å². The van der Waals surface area contributed by atoms with Crippen LogP contribution in [-0.4, -0.2) is 73.1 Å². The standard InChI is InChI=1S/C14H27N5O2/c1-2-3-12(13(15)16)18-5-7-19(8-6-18)14(20)17-11-4-9-21-10-11/h11-12H,2-10H2,1H3,(H3,15,16)(H,17,20). The first-order valence-electron chi connectivity index (χ1n) is 7.83. The van der Waals surface area contributed by atoms with Crippen molar-refractivity contribution in [1.82, 2.24) is 15.1 Å². The topological polar surface area (TPSA) is 94.7 Å².